The van der Waals surface area contributed by atoms with Crippen molar-refractivity contribution in [3.05, 3.63) is 35.4 Å². The van der Waals surface area contributed by atoms with Crippen molar-refractivity contribution < 1.29 is 4.79 Å². The number of hydrogen-bond donors (Lipinski definition) is 2. The summed E-state index contributed by atoms with van der Waals surface area (Å²) in [4.78, 5) is 10.6. The molecule has 16 heavy (non-hydrogen) atoms. The van der Waals surface area contributed by atoms with Gasteiger partial charge < -0.3 is 5.73 Å². The van der Waals surface area contributed by atoms with Crippen LogP contribution in [0.1, 0.15) is 36.8 Å². The molecule has 3 N–H and O–H groups in total. The molecule has 2 amide bonds. The number of carbonyl (C=O) groups is 1. The van der Waals surface area contributed by atoms with Crippen molar-refractivity contribution in [2.24, 2.45) is 10.8 Å². The molecule has 1 aromatic carbocycles. The minimum Gasteiger partial charge on any atom is -0.350 e. The van der Waals surface area contributed by atoms with Gasteiger partial charge >= 0.3 is 6.03 Å². The fraction of sp³-hybridized carbons (Fsp3) is 0.333. The molecule has 0 heterocycles. The standard InChI is InChI=1S/C12H15N3O/c1-8-6-7-11(14-15-12(13)16)10-5-3-2-4-9(8)10/h2-5,8H,6-7H2,1H3,(H3,13,15,16)/b14-11+. The molecule has 0 aromatic heterocycles. The minimum atomic E-state index is -0.622. The van der Waals surface area contributed by atoms with Crippen LogP contribution in [0, 0.1) is 0 Å². The molecule has 1 atom stereocenters. The predicted octanol–water partition coefficient (Wildman–Crippen LogP) is 1.96. The quantitative estimate of drug-likeness (QED) is 0.694. The molecule has 0 bridgehead atoms. The van der Waals surface area contributed by atoms with Crippen LogP contribution in [-0.2, 0) is 0 Å². The summed E-state index contributed by atoms with van der Waals surface area (Å²) in [6.45, 7) is 2.21. The lowest BCUT2D eigenvalue weighted by Crippen LogP contribution is -2.27. The smallest absolute Gasteiger partial charge is 0.332 e. The molecule has 4 nitrogen and oxygen atoms in total. The van der Waals surface area contributed by atoms with Crippen molar-refractivity contribution >= 4 is 11.7 Å². The topological polar surface area (TPSA) is 67.5 Å². The molecule has 2 rings (SSSR count). The Hall–Kier alpha value is -1.84. The summed E-state index contributed by atoms with van der Waals surface area (Å²) in [5.74, 6) is 0.545. The lowest BCUT2D eigenvalue weighted by molar-refractivity contribution is 0.249. The van der Waals surface area contributed by atoms with E-state index < -0.39 is 6.03 Å². The number of nitrogens with two attached hydrogens (primary N) is 1. The highest BCUT2D eigenvalue weighted by atomic mass is 16.2. The second kappa shape index (κ2) is 4.35. The number of nitrogens with one attached hydrogen (secondary N) is 1. The predicted molar refractivity (Wildman–Crippen MR) is 63.3 cm³/mol. The van der Waals surface area contributed by atoms with E-state index >= 15 is 0 Å². The molecule has 84 valence electrons. The summed E-state index contributed by atoms with van der Waals surface area (Å²) in [7, 11) is 0. The summed E-state index contributed by atoms with van der Waals surface area (Å²) in [5.41, 5.74) is 10.6. The molecule has 1 aliphatic rings. The van der Waals surface area contributed by atoms with Crippen LogP contribution in [0.4, 0.5) is 4.79 Å². The van der Waals surface area contributed by atoms with Crippen LogP contribution in [0.5, 0.6) is 0 Å². The van der Waals surface area contributed by atoms with Gasteiger partial charge in [-0.05, 0) is 24.3 Å². The van der Waals surface area contributed by atoms with Crippen molar-refractivity contribution in [3.8, 4) is 0 Å². The maximum atomic E-state index is 10.6. The first-order valence-corrected chi connectivity index (χ1v) is 5.40. The molecule has 0 aliphatic heterocycles. The number of urea groups is 1. The molecule has 4 heteroatoms. The van der Waals surface area contributed by atoms with Crippen LogP contribution in [0.3, 0.4) is 0 Å². The maximum Gasteiger partial charge on any atom is 0.332 e. The first-order valence-electron chi connectivity index (χ1n) is 5.40. The molecule has 0 saturated carbocycles. The van der Waals surface area contributed by atoms with E-state index in [1.807, 2.05) is 18.2 Å². The fourth-order valence-corrected chi connectivity index (χ4v) is 2.07. The average Bonchev–Trinajstić information content (AvgIpc) is 2.28. The van der Waals surface area contributed by atoms with Crippen LogP contribution < -0.4 is 11.2 Å². The second-order valence-corrected chi connectivity index (χ2v) is 4.06. The number of amides is 2. The Bertz CT molecular complexity index is 440. The molecule has 0 fully saturated rings. The SMILES string of the molecule is CC1CC/C(=N\NC(N)=O)c2ccccc21. The zero-order valence-electron chi connectivity index (χ0n) is 9.23. The number of hydrazone groups is 1. The molecule has 0 radical (unpaired) electrons. The van der Waals surface area contributed by atoms with E-state index in [1.165, 1.54) is 5.56 Å². The normalized spacial score (nSPS) is 21.6. The van der Waals surface area contributed by atoms with Crippen LogP contribution in [0.15, 0.2) is 29.4 Å². The van der Waals surface area contributed by atoms with E-state index in [0.717, 1.165) is 24.1 Å². The van der Waals surface area contributed by atoms with Gasteiger partial charge in [-0.3, -0.25) is 0 Å². The average molecular weight is 217 g/mol. The summed E-state index contributed by atoms with van der Waals surface area (Å²) >= 11 is 0. The number of rotatable bonds is 1. The van der Waals surface area contributed by atoms with Crippen molar-refractivity contribution in [3.63, 3.8) is 0 Å². The number of hydrogen-bond acceptors (Lipinski definition) is 2. The number of carbonyl (C=O) groups excluding carboxylic acids is 1. The number of nitrogens with zero attached hydrogens (tertiary/aromatic N) is 1. The zero-order chi connectivity index (χ0) is 11.5. The number of fused-ring (bicyclic) bond motifs is 1. The Balaban J connectivity index is 2.34. The Morgan fingerprint density at radius 1 is 1.50 bits per heavy atom. The second-order valence-electron chi connectivity index (χ2n) is 4.06. The van der Waals surface area contributed by atoms with Gasteiger partial charge in [0.15, 0.2) is 0 Å². The maximum absolute atomic E-state index is 10.6. The van der Waals surface area contributed by atoms with Gasteiger partial charge in [-0.2, -0.15) is 5.10 Å². The third-order valence-corrected chi connectivity index (χ3v) is 2.92. The lowest BCUT2D eigenvalue weighted by atomic mass is 9.83. The highest BCUT2D eigenvalue weighted by Gasteiger charge is 2.20. The fourth-order valence-electron chi connectivity index (χ4n) is 2.07. The molecular formula is C12H15N3O. The summed E-state index contributed by atoms with van der Waals surface area (Å²) < 4.78 is 0. The summed E-state index contributed by atoms with van der Waals surface area (Å²) in [6.07, 6.45) is 1.93. The highest BCUT2D eigenvalue weighted by molar-refractivity contribution is 6.03. The van der Waals surface area contributed by atoms with Gasteiger partial charge in [0.2, 0.25) is 0 Å². The Kier molecular flexibility index (Phi) is 2.90. The van der Waals surface area contributed by atoms with Crippen LogP contribution in [0.25, 0.3) is 0 Å². The molecule has 0 saturated heterocycles. The Morgan fingerprint density at radius 3 is 3.00 bits per heavy atom. The first kappa shape index (κ1) is 10.7. The molecule has 1 unspecified atom stereocenters. The zero-order valence-corrected chi connectivity index (χ0v) is 9.23. The lowest BCUT2D eigenvalue weighted by Gasteiger charge is -2.23. The van der Waals surface area contributed by atoms with Crippen molar-refractivity contribution in [1.29, 1.82) is 0 Å². The van der Waals surface area contributed by atoms with Gasteiger partial charge in [-0.25, -0.2) is 10.2 Å². The minimum absolute atomic E-state index is 0.545. The Labute approximate surface area is 94.5 Å². The molecule has 1 aromatic rings. The number of primary amides is 1. The van der Waals surface area contributed by atoms with E-state index in [2.05, 4.69) is 23.5 Å². The first-order chi connectivity index (χ1) is 7.68. The summed E-state index contributed by atoms with van der Waals surface area (Å²) in [5, 5.41) is 4.05. The van der Waals surface area contributed by atoms with Gasteiger partial charge in [0.25, 0.3) is 0 Å². The van der Waals surface area contributed by atoms with Crippen LogP contribution in [-0.4, -0.2) is 11.7 Å². The van der Waals surface area contributed by atoms with E-state index in [0.29, 0.717) is 5.92 Å². The van der Waals surface area contributed by atoms with Crippen molar-refractivity contribution in [1.82, 2.24) is 5.43 Å². The third kappa shape index (κ3) is 2.05. The van der Waals surface area contributed by atoms with E-state index in [4.69, 9.17) is 5.73 Å². The van der Waals surface area contributed by atoms with Gasteiger partial charge in [0.1, 0.15) is 0 Å². The third-order valence-electron chi connectivity index (χ3n) is 2.92. The van der Waals surface area contributed by atoms with Crippen molar-refractivity contribution in [2.45, 2.75) is 25.7 Å². The molecule has 1 aliphatic carbocycles. The molecular weight excluding hydrogens is 202 g/mol. The van der Waals surface area contributed by atoms with E-state index in [9.17, 15) is 4.79 Å². The van der Waals surface area contributed by atoms with E-state index in [-0.39, 0.29) is 0 Å². The van der Waals surface area contributed by atoms with E-state index in [1.54, 1.807) is 0 Å². The van der Waals surface area contributed by atoms with Crippen LogP contribution >= 0.6 is 0 Å². The molecule has 0 spiro atoms. The monoisotopic (exact) mass is 217 g/mol. The van der Waals surface area contributed by atoms with Gasteiger partial charge in [0.05, 0.1) is 5.71 Å². The summed E-state index contributed by atoms with van der Waals surface area (Å²) in [6, 6.07) is 7.53. The van der Waals surface area contributed by atoms with Crippen molar-refractivity contribution in [2.75, 3.05) is 0 Å². The number of benzene rings is 1. The van der Waals surface area contributed by atoms with Gasteiger partial charge in [-0.1, -0.05) is 31.2 Å². The van der Waals surface area contributed by atoms with Gasteiger partial charge in [0, 0.05) is 5.56 Å². The van der Waals surface area contributed by atoms with Gasteiger partial charge in [-0.15, -0.1) is 0 Å². The Morgan fingerprint density at radius 2 is 2.25 bits per heavy atom. The van der Waals surface area contributed by atoms with Crippen LogP contribution in [0.2, 0.25) is 0 Å². The largest absolute Gasteiger partial charge is 0.350 e. The highest BCUT2D eigenvalue weighted by Crippen LogP contribution is 2.30.